The number of oxime groups is 1. The molecule has 1 saturated heterocycles. The van der Waals surface area contributed by atoms with Crippen LogP contribution in [0.5, 0.6) is 0 Å². The molecule has 1 amide bonds. The monoisotopic (exact) mass is 178 g/mol. The van der Waals surface area contributed by atoms with Crippen molar-refractivity contribution >= 4 is 22.9 Å². The number of hydrogen-bond donors (Lipinski definition) is 2. The van der Waals surface area contributed by atoms with Gasteiger partial charge in [0.2, 0.25) is 0 Å². The summed E-state index contributed by atoms with van der Waals surface area (Å²) in [6.07, 6.45) is -0.969. The zero-order valence-electron chi connectivity index (χ0n) is 5.57. The van der Waals surface area contributed by atoms with Crippen LogP contribution in [0.2, 0.25) is 0 Å². The molecule has 0 aromatic heterocycles. The predicted octanol–water partition coefficient (Wildman–Crippen LogP) is 0.623. The van der Waals surface area contributed by atoms with Crippen LogP contribution in [0.1, 0.15) is 0 Å². The number of likely N-dealkylation sites (tertiary alicyclic amines) is 1. The molecule has 6 heteroatoms. The normalized spacial score (nSPS) is 19.7. The molecule has 5 nitrogen and oxygen atoms in total. The molecule has 1 heterocycles. The highest BCUT2D eigenvalue weighted by Crippen LogP contribution is 2.18. The SMILES string of the molecule is O=C(O)N1CC(C(Cl)=NO)C1. The predicted molar refractivity (Wildman–Crippen MR) is 38.2 cm³/mol. The van der Waals surface area contributed by atoms with E-state index in [4.69, 9.17) is 21.9 Å². The van der Waals surface area contributed by atoms with Gasteiger partial charge >= 0.3 is 6.09 Å². The zero-order valence-corrected chi connectivity index (χ0v) is 6.32. The van der Waals surface area contributed by atoms with Crippen molar-refractivity contribution in [1.82, 2.24) is 4.90 Å². The van der Waals surface area contributed by atoms with Gasteiger partial charge < -0.3 is 15.2 Å². The van der Waals surface area contributed by atoms with Gasteiger partial charge in [0.05, 0.1) is 5.92 Å². The lowest BCUT2D eigenvalue weighted by atomic mass is 10.0. The van der Waals surface area contributed by atoms with Crippen LogP contribution in [0.25, 0.3) is 0 Å². The van der Waals surface area contributed by atoms with Gasteiger partial charge in [-0.1, -0.05) is 16.8 Å². The molecule has 62 valence electrons. The molecule has 11 heavy (non-hydrogen) atoms. The first kappa shape index (κ1) is 8.13. The van der Waals surface area contributed by atoms with Crippen LogP contribution in [0.15, 0.2) is 5.16 Å². The van der Waals surface area contributed by atoms with Crippen molar-refractivity contribution < 1.29 is 15.1 Å². The van der Waals surface area contributed by atoms with Gasteiger partial charge in [-0.15, -0.1) is 0 Å². The van der Waals surface area contributed by atoms with Gasteiger partial charge in [-0.25, -0.2) is 4.79 Å². The van der Waals surface area contributed by atoms with Gasteiger partial charge in [0, 0.05) is 13.1 Å². The fraction of sp³-hybridized carbons (Fsp3) is 0.600. The van der Waals surface area contributed by atoms with Crippen LogP contribution in [-0.2, 0) is 0 Å². The lowest BCUT2D eigenvalue weighted by Gasteiger charge is -2.35. The maximum atomic E-state index is 10.2. The van der Waals surface area contributed by atoms with E-state index < -0.39 is 6.09 Å². The molecule has 0 bridgehead atoms. The van der Waals surface area contributed by atoms with Crippen molar-refractivity contribution in [3.63, 3.8) is 0 Å². The van der Waals surface area contributed by atoms with E-state index in [-0.39, 0.29) is 11.1 Å². The molecule has 0 aromatic carbocycles. The molecule has 0 spiro atoms. The molecule has 0 radical (unpaired) electrons. The molecule has 0 aromatic rings. The molecule has 1 aliphatic heterocycles. The number of carbonyl (C=O) groups is 1. The van der Waals surface area contributed by atoms with Crippen molar-refractivity contribution in [3.05, 3.63) is 0 Å². The van der Waals surface area contributed by atoms with Gasteiger partial charge in [0.15, 0.2) is 5.17 Å². The lowest BCUT2D eigenvalue weighted by molar-refractivity contribution is 0.102. The van der Waals surface area contributed by atoms with Crippen LogP contribution < -0.4 is 0 Å². The first-order valence-corrected chi connectivity index (χ1v) is 3.38. The summed E-state index contributed by atoms with van der Waals surface area (Å²) in [7, 11) is 0. The Bertz CT molecular complexity index is 200. The standard InChI is InChI=1S/C5H7ClN2O3/c6-4(7-11)3-1-8(2-3)5(9)10/h3,11H,1-2H2,(H,9,10). The number of nitrogens with zero attached hydrogens (tertiary/aromatic N) is 2. The van der Waals surface area contributed by atoms with Crippen molar-refractivity contribution in [3.8, 4) is 0 Å². The Balaban J connectivity index is 2.35. The second kappa shape index (κ2) is 2.96. The van der Waals surface area contributed by atoms with Gasteiger partial charge in [0.1, 0.15) is 0 Å². The zero-order chi connectivity index (χ0) is 8.43. The second-order valence-corrected chi connectivity index (χ2v) is 2.69. The Morgan fingerprint density at radius 3 is 2.55 bits per heavy atom. The smallest absolute Gasteiger partial charge is 0.407 e. The van der Waals surface area contributed by atoms with E-state index in [1.807, 2.05) is 0 Å². The summed E-state index contributed by atoms with van der Waals surface area (Å²) in [5.74, 6) is -0.127. The molecular weight excluding hydrogens is 172 g/mol. The fourth-order valence-electron chi connectivity index (χ4n) is 0.867. The van der Waals surface area contributed by atoms with Crippen molar-refractivity contribution in [2.75, 3.05) is 13.1 Å². The van der Waals surface area contributed by atoms with Gasteiger partial charge in [-0.05, 0) is 0 Å². The van der Waals surface area contributed by atoms with Crippen LogP contribution in [0.3, 0.4) is 0 Å². The maximum Gasteiger partial charge on any atom is 0.407 e. The van der Waals surface area contributed by atoms with Crippen LogP contribution in [0, 0.1) is 5.92 Å². The van der Waals surface area contributed by atoms with E-state index in [0.717, 1.165) is 0 Å². The third-order valence-corrected chi connectivity index (χ3v) is 1.97. The minimum Gasteiger partial charge on any atom is -0.465 e. The van der Waals surface area contributed by atoms with E-state index in [9.17, 15) is 4.79 Å². The molecule has 1 rings (SSSR count). The highest BCUT2D eigenvalue weighted by atomic mass is 35.5. The molecule has 0 unspecified atom stereocenters. The van der Waals surface area contributed by atoms with E-state index in [2.05, 4.69) is 5.16 Å². The van der Waals surface area contributed by atoms with E-state index in [1.165, 1.54) is 4.90 Å². The largest absolute Gasteiger partial charge is 0.465 e. The summed E-state index contributed by atoms with van der Waals surface area (Å²) in [5, 5.41) is 19.4. The Labute approximate surface area is 67.9 Å². The van der Waals surface area contributed by atoms with Crippen molar-refractivity contribution in [2.24, 2.45) is 11.1 Å². The molecule has 2 N–H and O–H groups in total. The molecule has 0 aliphatic carbocycles. The van der Waals surface area contributed by atoms with Crippen LogP contribution in [0.4, 0.5) is 4.79 Å². The summed E-state index contributed by atoms with van der Waals surface area (Å²) >= 11 is 5.42. The highest BCUT2D eigenvalue weighted by Gasteiger charge is 2.33. The molecule has 1 aliphatic rings. The van der Waals surface area contributed by atoms with Gasteiger partial charge in [-0.2, -0.15) is 0 Å². The number of hydrogen-bond acceptors (Lipinski definition) is 3. The Morgan fingerprint density at radius 1 is 1.64 bits per heavy atom. The number of amides is 1. The number of halogens is 1. The molecule has 0 atom stereocenters. The highest BCUT2D eigenvalue weighted by molar-refractivity contribution is 6.65. The Kier molecular flexibility index (Phi) is 2.19. The Hall–Kier alpha value is -0.970. The average Bonchev–Trinajstić information content (AvgIpc) is 1.83. The second-order valence-electron chi connectivity index (χ2n) is 2.31. The topological polar surface area (TPSA) is 73.1 Å². The third-order valence-electron chi connectivity index (χ3n) is 1.58. The van der Waals surface area contributed by atoms with Gasteiger partial charge in [-0.3, -0.25) is 0 Å². The third kappa shape index (κ3) is 1.54. The average molecular weight is 179 g/mol. The summed E-state index contributed by atoms with van der Waals surface area (Å²) in [5.41, 5.74) is 0. The fourth-order valence-corrected chi connectivity index (χ4v) is 1.01. The first-order chi connectivity index (χ1) is 5.15. The first-order valence-electron chi connectivity index (χ1n) is 3.00. The minimum atomic E-state index is -0.969. The van der Waals surface area contributed by atoms with Crippen molar-refractivity contribution in [2.45, 2.75) is 0 Å². The van der Waals surface area contributed by atoms with Crippen LogP contribution >= 0.6 is 11.6 Å². The van der Waals surface area contributed by atoms with Crippen molar-refractivity contribution in [1.29, 1.82) is 0 Å². The van der Waals surface area contributed by atoms with Crippen LogP contribution in [-0.4, -0.2) is 39.6 Å². The summed E-state index contributed by atoms with van der Waals surface area (Å²) in [6, 6.07) is 0. The summed E-state index contributed by atoms with van der Waals surface area (Å²) < 4.78 is 0. The maximum absolute atomic E-state index is 10.2. The molecule has 1 fully saturated rings. The van der Waals surface area contributed by atoms with E-state index >= 15 is 0 Å². The lowest BCUT2D eigenvalue weighted by Crippen LogP contribution is -2.51. The van der Waals surface area contributed by atoms with E-state index in [1.54, 1.807) is 0 Å². The number of rotatable bonds is 1. The quantitative estimate of drug-likeness (QED) is 0.351. The minimum absolute atomic E-state index is 0.0718. The van der Waals surface area contributed by atoms with E-state index in [0.29, 0.717) is 13.1 Å². The summed E-state index contributed by atoms with van der Waals surface area (Å²) in [6.45, 7) is 0.635. The molecule has 0 saturated carbocycles. The summed E-state index contributed by atoms with van der Waals surface area (Å²) in [4.78, 5) is 11.4. The Morgan fingerprint density at radius 2 is 2.18 bits per heavy atom. The molecular formula is C5H7ClN2O3. The van der Waals surface area contributed by atoms with Gasteiger partial charge in [0.25, 0.3) is 0 Å². The number of carboxylic acid groups (broad SMARTS) is 1.